The number of nitrogens with zero attached hydrogens (tertiary/aromatic N) is 1. The Morgan fingerprint density at radius 3 is 2.28 bits per heavy atom. The van der Waals surface area contributed by atoms with Gasteiger partial charge in [0.25, 0.3) is 11.8 Å². The number of nitrogens with one attached hydrogen (secondary N) is 1. The molecule has 0 aromatic heterocycles. The Hall–Kier alpha value is -3.57. The van der Waals surface area contributed by atoms with E-state index in [0.717, 1.165) is 12.0 Å². The van der Waals surface area contributed by atoms with Crippen molar-refractivity contribution in [1.82, 2.24) is 0 Å². The first kappa shape index (κ1) is 21.7. The SMILES string of the molecule is CCOc1cccc(NC2=C(c3ccc(Cl)cc3)C(=O)N(c3ccc(CC)cc3)C2=O)c1. The standard InChI is InChI=1S/C26H23ClN2O3/c1-3-17-8-14-21(15-9-17)29-25(30)23(18-10-12-19(27)13-11-18)24(26(29)31)28-20-6-5-7-22(16-20)32-4-2/h5-16,28H,3-4H2,1-2H3. The number of rotatable bonds is 7. The van der Waals surface area contributed by atoms with Gasteiger partial charge in [-0.25, -0.2) is 4.90 Å². The molecule has 1 N–H and O–H groups in total. The minimum absolute atomic E-state index is 0.213. The fourth-order valence-electron chi connectivity index (χ4n) is 3.62. The van der Waals surface area contributed by atoms with Crippen LogP contribution < -0.4 is 15.0 Å². The van der Waals surface area contributed by atoms with Crippen LogP contribution >= 0.6 is 11.6 Å². The van der Waals surface area contributed by atoms with Crippen LogP contribution in [-0.2, 0) is 16.0 Å². The average Bonchev–Trinajstić information content (AvgIpc) is 3.04. The summed E-state index contributed by atoms with van der Waals surface area (Å²) >= 11 is 6.04. The molecule has 3 aromatic rings. The minimum Gasteiger partial charge on any atom is -0.494 e. The Labute approximate surface area is 192 Å². The summed E-state index contributed by atoms with van der Waals surface area (Å²) in [7, 11) is 0. The van der Waals surface area contributed by atoms with Crippen LogP contribution in [0.4, 0.5) is 11.4 Å². The van der Waals surface area contributed by atoms with E-state index in [0.29, 0.717) is 39.9 Å². The van der Waals surface area contributed by atoms with E-state index in [1.165, 1.54) is 4.90 Å². The molecule has 1 aliphatic rings. The molecule has 0 fully saturated rings. The number of imide groups is 1. The number of halogens is 1. The smallest absolute Gasteiger partial charge is 0.282 e. The fraction of sp³-hybridized carbons (Fsp3) is 0.154. The maximum atomic E-state index is 13.5. The Kier molecular flexibility index (Phi) is 6.28. The lowest BCUT2D eigenvalue weighted by Crippen LogP contribution is -2.32. The number of carbonyl (C=O) groups is 2. The predicted molar refractivity (Wildman–Crippen MR) is 128 cm³/mol. The van der Waals surface area contributed by atoms with Crippen LogP contribution in [0.15, 0.2) is 78.5 Å². The molecule has 2 amide bonds. The van der Waals surface area contributed by atoms with Gasteiger partial charge in [-0.05, 0) is 60.9 Å². The van der Waals surface area contributed by atoms with Gasteiger partial charge in [-0.1, -0.05) is 48.9 Å². The van der Waals surface area contributed by atoms with Crippen LogP contribution in [0.3, 0.4) is 0 Å². The topological polar surface area (TPSA) is 58.6 Å². The van der Waals surface area contributed by atoms with Crippen molar-refractivity contribution in [2.75, 3.05) is 16.8 Å². The van der Waals surface area contributed by atoms with Crippen molar-refractivity contribution in [3.63, 3.8) is 0 Å². The van der Waals surface area contributed by atoms with Crippen molar-refractivity contribution in [3.8, 4) is 5.75 Å². The number of benzene rings is 3. The van der Waals surface area contributed by atoms with Crippen LogP contribution in [0.5, 0.6) is 5.75 Å². The van der Waals surface area contributed by atoms with E-state index in [1.54, 1.807) is 42.5 Å². The molecule has 32 heavy (non-hydrogen) atoms. The van der Waals surface area contributed by atoms with E-state index >= 15 is 0 Å². The monoisotopic (exact) mass is 446 g/mol. The Morgan fingerprint density at radius 2 is 1.62 bits per heavy atom. The number of anilines is 2. The maximum Gasteiger partial charge on any atom is 0.282 e. The summed E-state index contributed by atoms with van der Waals surface area (Å²) in [5.41, 5.74) is 3.44. The minimum atomic E-state index is -0.411. The molecule has 0 unspecified atom stereocenters. The molecule has 162 valence electrons. The lowest BCUT2D eigenvalue weighted by atomic mass is 10.0. The van der Waals surface area contributed by atoms with Crippen molar-refractivity contribution >= 4 is 40.4 Å². The van der Waals surface area contributed by atoms with Crippen molar-refractivity contribution in [3.05, 3.63) is 94.6 Å². The molecular formula is C26H23ClN2O3. The molecule has 1 heterocycles. The van der Waals surface area contributed by atoms with E-state index in [-0.39, 0.29) is 11.6 Å². The number of aryl methyl sites for hydroxylation is 1. The molecule has 5 nitrogen and oxygen atoms in total. The molecule has 4 rings (SSSR count). The Morgan fingerprint density at radius 1 is 0.906 bits per heavy atom. The summed E-state index contributed by atoms with van der Waals surface area (Å²) in [6, 6.07) is 21.6. The molecule has 6 heteroatoms. The second-order valence-electron chi connectivity index (χ2n) is 7.31. The summed E-state index contributed by atoms with van der Waals surface area (Å²) in [4.78, 5) is 28.1. The summed E-state index contributed by atoms with van der Waals surface area (Å²) in [6.45, 7) is 4.49. The second-order valence-corrected chi connectivity index (χ2v) is 7.74. The van der Waals surface area contributed by atoms with Gasteiger partial charge in [0.15, 0.2) is 0 Å². The maximum absolute atomic E-state index is 13.5. The van der Waals surface area contributed by atoms with Gasteiger partial charge in [0.05, 0.1) is 17.9 Å². The van der Waals surface area contributed by atoms with Crippen molar-refractivity contribution in [1.29, 1.82) is 0 Å². The third-order valence-electron chi connectivity index (χ3n) is 5.23. The molecule has 0 saturated heterocycles. The lowest BCUT2D eigenvalue weighted by Gasteiger charge is -2.16. The van der Waals surface area contributed by atoms with Crippen molar-refractivity contribution in [2.45, 2.75) is 20.3 Å². The molecule has 3 aromatic carbocycles. The zero-order valence-electron chi connectivity index (χ0n) is 17.9. The quantitative estimate of drug-likeness (QED) is 0.473. The number of hydrogen-bond acceptors (Lipinski definition) is 4. The Bertz CT molecular complexity index is 1180. The number of carbonyl (C=O) groups excluding carboxylic acids is 2. The van der Waals surface area contributed by atoms with Gasteiger partial charge in [0.1, 0.15) is 11.4 Å². The zero-order valence-corrected chi connectivity index (χ0v) is 18.6. The van der Waals surface area contributed by atoms with Gasteiger partial charge in [0, 0.05) is 16.8 Å². The number of hydrogen-bond donors (Lipinski definition) is 1. The highest BCUT2D eigenvalue weighted by molar-refractivity contribution is 6.46. The highest BCUT2D eigenvalue weighted by atomic mass is 35.5. The van der Waals surface area contributed by atoms with Crippen LogP contribution in [0, 0.1) is 0 Å². The van der Waals surface area contributed by atoms with Gasteiger partial charge in [-0.3, -0.25) is 9.59 Å². The number of amides is 2. The van der Waals surface area contributed by atoms with E-state index in [2.05, 4.69) is 12.2 Å². The highest BCUT2D eigenvalue weighted by Crippen LogP contribution is 2.34. The van der Waals surface area contributed by atoms with Crippen molar-refractivity contribution < 1.29 is 14.3 Å². The summed E-state index contributed by atoms with van der Waals surface area (Å²) in [5.74, 6) is -0.119. The second kappa shape index (κ2) is 9.28. The highest BCUT2D eigenvalue weighted by Gasteiger charge is 2.40. The van der Waals surface area contributed by atoms with E-state index in [4.69, 9.17) is 16.3 Å². The molecule has 0 bridgehead atoms. The summed E-state index contributed by atoms with van der Waals surface area (Å²) < 4.78 is 5.56. The number of ether oxygens (including phenoxy) is 1. The zero-order chi connectivity index (χ0) is 22.7. The predicted octanol–water partition coefficient (Wildman–Crippen LogP) is 5.70. The first-order chi connectivity index (χ1) is 15.5. The summed E-state index contributed by atoms with van der Waals surface area (Å²) in [5, 5.41) is 3.71. The molecule has 1 aliphatic heterocycles. The average molecular weight is 447 g/mol. The fourth-order valence-corrected chi connectivity index (χ4v) is 3.75. The Balaban J connectivity index is 1.77. The molecular weight excluding hydrogens is 424 g/mol. The molecule has 0 aliphatic carbocycles. The van der Waals surface area contributed by atoms with Gasteiger partial charge < -0.3 is 10.1 Å². The largest absolute Gasteiger partial charge is 0.494 e. The third kappa shape index (κ3) is 4.25. The van der Waals surface area contributed by atoms with E-state index in [9.17, 15) is 9.59 Å². The van der Waals surface area contributed by atoms with Gasteiger partial charge in [-0.2, -0.15) is 0 Å². The van der Waals surface area contributed by atoms with Gasteiger partial charge >= 0.3 is 0 Å². The van der Waals surface area contributed by atoms with Crippen LogP contribution in [0.1, 0.15) is 25.0 Å². The lowest BCUT2D eigenvalue weighted by molar-refractivity contribution is -0.120. The van der Waals surface area contributed by atoms with E-state index in [1.807, 2.05) is 37.3 Å². The molecule has 0 saturated carbocycles. The van der Waals surface area contributed by atoms with Crippen LogP contribution in [-0.4, -0.2) is 18.4 Å². The molecule has 0 spiro atoms. The van der Waals surface area contributed by atoms with E-state index < -0.39 is 5.91 Å². The van der Waals surface area contributed by atoms with Gasteiger partial charge in [0.2, 0.25) is 0 Å². The first-order valence-corrected chi connectivity index (χ1v) is 10.9. The third-order valence-corrected chi connectivity index (χ3v) is 5.49. The normalized spacial score (nSPS) is 13.7. The van der Waals surface area contributed by atoms with Crippen molar-refractivity contribution in [2.24, 2.45) is 0 Å². The summed E-state index contributed by atoms with van der Waals surface area (Å²) in [6.07, 6.45) is 0.874. The molecule has 0 radical (unpaired) electrons. The van der Waals surface area contributed by atoms with Crippen LogP contribution in [0.25, 0.3) is 5.57 Å². The molecule has 0 atom stereocenters. The van der Waals surface area contributed by atoms with Crippen LogP contribution in [0.2, 0.25) is 5.02 Å². The first-order valence-electron chi connectivity index (χ1n) is 10.5. The van der Waals surface area contributed by atoms with Gasteiger partial charge in [-0.15, -0.1) is 0 Å².